The highest BCUT2D eigenvalue weighted by atomic mass is 32.1. The quantitative estimate of drug-likeness (QED) is 0.164. The maximum absolute atomic E-state index is 2.45. The number of rotatable bonds is 2. The van der Waals surface area contributed by atoms with Gasteiger partial charge in [-0.05, 0) is 105 Å². The number of benzene rings is 8. The molecule has 0 N–H and O–H groups in total. The van der Waals surface area contributed by atoms with Crippen LogP contribution in [0.4, 0.5) is 0 Å². The van der Waals surface area contributed by atoms with Crippen LogP contribution in [0.1, 0.15) is 52.7 Å². The molecule has 9 aromatic rings. The third-order valence-corrected chi connectivity index (χ3v) is 11.5. The van der Waals surface area contributed by atoms with E-state index in [9.17, 15) is 0 Å². The molecular weight excluding hydrogens is 609 g/mol. The van der Waals surface area contributed by atoms with Gasteiger partial charge in [0.25, 0.3) is 0 Å². The van der Waals surface area contributed by atoms with Crippen molar-refractivity contribution in [3.63, 3.8) is 0 Å². The summed E-state index contributed by atoms with van der Waals surface area (Å²) in [6.07, 6.45) is 0. The normalized spacial score (nSPS) is 12.7. The van der Waals surface area contributed by atoms with Gasteiger partial charge in [0.05, 0.1) is 0 Å². The molecule has 0 aliphatic heterocycles. The molecule has 0 spiro atoms. The predicted molar refractivity (Wildman–Crippen MR) is 218 cm³/mol. The van der Waals surface area contributed by atoms with E-state index in [0.717, 1.165) is 0 Å². The van der Waals surface area contributed by atoms with Gasteiger partial charge in [0.2, 0.25) is 0 Å². The Hall–Kier alpha value is -4.98. The van der Waals surface area contributed by atoms with Gasteiger partial charge < -0.3 is 0 Å². The minimum absolute atomic E-state index is 0.0205. The molecule has 1 heterocycles. The van der Waals surface area contributed by atoms with E-state index in [2.05, 4.69) is 175 Å². The van der Waals surface area contributed by atoms with Gasteiger partial charge in [-0.1, -0.05) is 157 Å². The summed E-state index contributed by atoms with van der Waals surface area (Å²) in [4.78, 5) is 0. The first-order valence-electron chi connectivity index (χ1n) is 17.4. The van der Waals surface area contributed by atoms with Crippen LogP contribution in [-0.2, 0) is 10.8 Å². The highest BCUT2D eigenvalue weighted by molar-refractivity contribution is 7.25. The van der Waals surface area contributed by atoms with Crippen molar-refractivity contribution in [2.45, 2.75) is 52.4 Å². The Morgan fingerprint density at radius 1 is 0.327 bits per heavy atom. The van der Waals surface area contributed by atoms with Crippen molar-refractivity contribution in [2.24, 2.45) is 0 Å². The number of fused-ring (bicyclic) bond motifs is 7. The molecule has 0 atom stereocenters. The fourth-order valence-corrected chi connectivity index (χ4v) is 9.71. The van der Waals surface area contributed by atoms with Crippen LogP contribution in [0.5, 0.6) is 0 Å². The van der Waals surface area contributed by atoms with Gasteiger partial charge >= 0.3 is 0 Å². The largest absolute Gasteiger partial charge is 0.135 e. The smallest absolute Gasteiger partial charge is 0.0361 e. The fraction of sp³-hybridized carbons (Fsp3) is 0.167. The second kappa shape index (κ2) is 10.8. The van der Waals surface area contributed by atoms with Crippen LogP contribution in [0.25, 0.3) is 85.5 Å². The average molecular weight is 649 g/mol. The van der Waals surface area contributed by atoms with Crippen molar-refractivity contribution in [1.82, 2.24) is 0 Å². The van der Waals surface area contributed by atoms with E-state index in [0.29, 0.717) is 0 Å². The average Bonchev–Trinajstić information content (AvgIpc) is 3.45. The molecule has 0 aliphatic rings. The van der Waals surface area contributed by atoms with Gasteiger partial charge in [-0.2, -0.15) is 0 Å². The summed E-state index contributed by atoms with van der Waals surface area (Å²) in [7, 11) is 0. The summed E-state index contributed by atoms with van der Waals surface area (Å²) in [5.74, 6) is 0. The van der Waals surface area contributed by atoms with E-state index in [1.54, 1.807) is 0 Å². The summed E-state index contributed by atoms with van der Waals surface area (Å²) >= 11 is 1.91. The molecule has 0 aliphatic carbocycles. The van der Waals surface area contributed by atoms with E-state index in [1.807, 2.05) is 11.3 Å². The van der Waals surface area contributed by atoms with Crippen molar-refractivity contribution in [3.8, 4) is 22.3 Å². The lowest BCUT2D eigenvalue weighted by Crippen LogP contribution is -2.13. The Kier molecular flexibility index (Phi) is 6.61. The minimum atomic E-state index is 0.0205. The fourth-order valence-electron chi connectivity index (χ4n) is 8.58. The Bertz CT molecular complexity index is 2660. The van der Waals surface area contributed by atoms with E-state index in [1.165, 1.54) is 96.6 Å². The van der Waals surface area contributed by atoms with Crippen LogP contribution in [0.15, 0.2) is 133 Å². The first-order chi connectivity index (χ1) is 23.6. The molecule has 9 rings (SSSR count). The topological polar surface area (TPSA) is 0 Å². The molecule has 0 fully saturated rings. The third kappa shape index (κ3) is 4.63. The molecule has 1 heteroatoms. The summed E-state index contributed by atoms with van der Waals surface area (Å²) in [6.45, 7) is 14.0. The Labute approximate surface area is 292 Å². The number of thiophene rings is 1. The number of hydrogen-bond acceptors (Lipinski definition) is 1. The van der Waals surface area contributed by atoms with Crippen molar-refractivity contribution in [3.05, 3.63) is 145 Å². The summed E-state index contributed by atoms with van der Waals surface area (Å²) in [6, 6.07) is 50.3. The maximum atomic E-state index is 2.45. The molecular formula is C48H40S. The van der Waals surface area contributed by atoms with Gasteiger partial charge in [-0.25, -0.2) is 0 Å². The molecule has 0 unspecified atom stereocenters. The van der Waals surface area contributed by atoms with Crippen LogP contribution >= 0.6 is 11.3 Å². The van der Waals surface area contributed by atoms with Crippen molar-refractivity contribution >= 4 is 74.6 Å². The molecule has 0 saturated carbocycles. The predicted octanol–water partition coefficient (Wildman–Crippen LogP) is 14.6. The second-order valence-corrected chi connectivity index (χ2v) is 16.8. The van der Waals surface area contributed by atoms with Gasteiger partial charge in [-0.3, -0.25) is 0 Å². The summed E-state index contributed by atoms with van der Waals surface area (Å²) in [5, 5.41) is 13.3. The van der Waals surface area contributed by atoms with Gasteiger partial charge in [0.15, 0.2) is 0 Å². The SMILES string of the molecule is CC(C)(C)c1c2ccccc2c(-c2ccc3c(c2)sc2ccc(-c4c5ccccc5c(C(C)(C)C)c5ccccc45)cc23)c2ccccc12. The molecule has 0 nitrogen and oxygen atoms in total. The maximum Gasteiger partial charge on any atom is 0.0361 e. The zero-order valence-corrected chi connectivity index (χ0v) is 29.9. The Balaban J connectivity index is 1.28. The lowest BCUT2D eigenvalue weighted by molar-refractivity contribution is 0.601. The summed E-state index contributed by atoms with van der Waals surface area (Å²) < 4.78 is 2.66. The highest BCUT2D eigenvalue weighted by Crippen LogP contribution is 2.47. The first kappa shape index (κ1) is 30.1. The molecule has 0 bridgehead atoms. The monoisotopic (exact) mass is 648 g/mol. The van der Waals surface area contributed by atoms with Crippen LogP contribution in [0, 0.1) is 0 Å². The minimum Gasteiger partial charge on any atom is -0.135 e. The Morgan fingerprint density at radius 3 is 1.10 bits per heavy atom. The molecule has 238 valence electrons. The first-order valence-corrected chi connectivity index (χ1v) is 18.3. The number of hydrogen-bond donors (Lipinski definition) is 0. The highest BCUT2D eigenvalue weighted by Gasteiger charge is 2.25. The van der Waals surface area contributed by atoms with Gasteiger partial charge in [0, 0.05) is 20.2 Å². The molecule has 0 saturated heterocycles. The van der Waals surface area contributed by atoms with Gasteiger partial charge in [0.1, 0.15) is 0 Å². The van der Waals surface area contributed by atoms with Crippen LogP contribution in [0.2, 0.25) is 0 Å². The van der Waals surface area contributed by atoms with E-state index in [-0.39, 0.29) is 10.8 Å². The zero-order chi connectivity index (χ0) is 33.7. The van der Waals surface area contributed by atoms with Crippen molar-refractivity contribution in [1.29, 1.82) is 0 Å². The molecule has 49 heavy (non-hydrogen) atoms. The lowest BCUT2D eigenvalue weighted by Gasteiger charge is -2.26. The standard InChI is InChI=1S/C48H40S/c1-47(2,3)45-36-19-11-7-15-32(36)43(33-16-8-12-20-37(33)45)29-24-26-41-40(27-29)31-25-23-30(28-42(31)49-41)44-34-17-9-13-21-38(34)46(48(4,5)6)39-22-14-10-18-35(39)44/h7-28H,1-6H3. The second-order valence-electron chi connectivity index (χ2n) is 15.7. The molecule has 0 radical (unpaired) electrons. The zero-order valence-electron chi connectivity index (χ0n) is 29.1. The van der Waals surface area contributed by atoms with E-state index in [4.69, 9.17) is 0 Å². The lowest BCUT2D eigenvalue weighted by atomic mass is 9.78. The van der Waals surface area contributed by atoms with E-state index < -0.39 is 0 Å². The third-order valence-electron chi connectivity index (χ3n) is 10.4. The van der Waals surface area contributed by atoms with Gasteiger partial charge in [-0.15, -0.1) is 11.3 Å². The Morgan fingerprint density at radius 2 is 0.694 bits per heavy atom. The molecule has 1 aromatic heterocycles. The summed E-state index contributed by atoms with van der Waals surface area (Å²) in [5.41, 5.74) is 8.10. The van der Waals surface area contributed by atoms with Crippen molar-refractivity contribution in [2.75, 3.05) is 0 Å². The van der Waals surface area contributed by atoms with E-state index >= 15 is 0 Å². The van der Waals surface area contributed by atoms with Crippen molar-refractivity contribution < 1.29 is 0 Å². The van der Waals surface area contributed by atoms with Crippen LogP contribution in [-0.4, -0.2) is 0 Å². The molecule has 8 aromatic carbocycles. The van der Waals surface area contributed by atoms with Crippen LogP contribution < -0.4 is 0 Å². The molecule has 0 amide bonds. The van der Waals surface area contributed by atoms with Crippen LogP contribution in [0.3, 0.4) is 0 Å².